The van der Waals surface area contributed by atoms with Gasteiger partial charge in [-0.3, -0.25) is 25.2 Å². The van der Waals surface area contributed by atoms with E-state index in [1.54, 1.807) is 6.08 Å². The second-order valence-electron chi connectivity index (χ2n) is 7.04. The van der Waals surface area contributed by atoms with Crippen molar-refractivity contribution in [1.29, 1.82) is 0 Å². The Hall–Kier alpha value is -2.93. The summed E-state index contributed by atoms with van der Waals surface area (Å²) in [5.74, 6) is -0.521. The number of benzene rings is 1. The first kappa shape index (κ1) is 20.8. The van der Waals surface area contributed by atoms with Gasteiger partial charge >= 0.3 is 0 Å². The monoisotopic (exact) mass is 411 g/mol. The summed E-state index contributed by atoms with van der Waals surface area (Å²) in [7, 11) is 0. The Kier molecular flexibility index (Phi) is 7.19. The summed E-state index contributed by atoms with van der Waals surface area (Å²) in [6.45, 7) is 1.97. The van der Waals surface area contributed by atoms with Gasteiger partial charge in [0, 0.05) is 11.0 Å². The lowest BCUT2D eigenvalue weighted by Crippen LogP contribution is -2.46. The fourth-order valence-corrected chi connectivity index (χ4v) is 4.36. The molecule has 6 nitrogen and oxygen atoms in total. The number of fused-ring (bicyclic) bond motifs is 1. The molecule has 0 saturated heterocycles. The minimum absolute atomic E-state index is 0.225. The Morgan fingerprint density at radius 3 is 2.72 bits per heavy atom. The van der Waals surface area contributed by atoms with Crippen molar-refractivity contribution in [3.8, 4) is 0 Å². The molecule has 29 heavy (non-hydrogen) atoms. The second kappa shape index (κ2) is 10.0. The van der Waals surface area contributed by atoms with Crippen LogP contribution in [-0.2, 0) is 22.4 Å². The Balaban J connectivity index is 1.41. The number of aryl methyl sites for hydroxylation is 1. The van der Waals surface area contributed by atoms with Crippen LogP contribution in [0.1, 0.15) is 45.4 Å². The van der Waals surface area contributed by atoms with E-state index in [-0.39, 0.29) is 18.4 Å². The van der Waals surface area contributed by atoms with Crippen LogP contribution >= 0.6 is 11.3 Å². The van der Waals surface area contributed by atoms with Crippen LogP contribution in [0.15, 0.2) is 42.5 Å². The quantitative estimate of drug-likeness (QED) is 0.505. The van der Waals surface area contributed by atoms with E-state index in [1.807, 2.05) is 36.4 Å². The zero-order valence-electron chi connectivity index (χ0n) is 16.4. The first-order valence-corrected chi connectivity index (χ1v) is 10.6. The van der Waals surface area contributed by atoms with Crippen LogP contribution in [0.3, 0.4) is 0 Å². The lowest BCUT2D eigenvalue weighted by Gasteiger charge is -2.19. The van der Waals surface area contributed by atoms with E-state index in [4.69, 9.17) is 0 Å². The highest BCUT2D eigenvalue weighted by Crippen LogP contribution is 2.33. The van der Waals surface area contributed by atoms with Gasteiger partial charge in [-0.1, -0.05) is 43.7 Å². The van der Waals surface area contributed by atoms with E-state index in [0.29, 0.717) is 10.8 Å². The Morgan fingerprint density at radius 1 is 1.17 bits per heavy atom. The van der Waals surface area contributed by atoms with Crippen LogP contribution in [0.25, 0.3) is 6.08 Å². The molecule has 1 aromatic heterocycles. The molecule has 0 saturated carbocycles. The minimum Gasteiger partial charge on any atom is -0.343 e. The van der Waals surface area contributed by atoms with Gasteiger partial charge in [-0.05, 0) is 48.4 Å². The van der Waals surface area contributed by atoms with Crippen molar-refractivity contribution in [1.82, 2.24) is 16.2 Å². The topological polar surface area (TPSA) is 87.3 Å². The maximum atomic E-state index is 12.3. The fourth-order valence-electron chi connectivity index (χ4n) is 3.25. The molecule has 152 valence electrons. The SMILES string of the molecule is CC[C@@H]1CCc2sc(C(=O)NNC(=O)CNC(=O)/C=C/c3ccccc3)cc2C1. The molecule has 0 bridgehead atoms. The maximum absolute atomic E-state index is 12.3. The van der Waals surface area contributed by atoms with Crippen molar-refractivity contribution in [3.05, 3.63) is 63.4 Å². The van der Waals surface area contributed by atoms with E-state index in [9.17, 15) is 14.4 Å². The third-order valence-electron chi connectivity index (χ3n) is 4.95. The average Bonchev–Trinajstić information content (AvgIpc) is 3.18. The smallest absolute Gasteiger partial charge is 0.279 e. The van der Waals surface area contributed by atoms with Gasteiger partial charge in [-0.25, -0.2) is 0 Å². The van der Waals surface area contributed by atoms with Gasteiger partial charge in [-0.15, -0.1) is 11.3 Å². The third kappa shape index (κ3) is 6.02. The summed E-state index contributed by atoms with van der Waals surface area (Å²) in [6, 6.07) is 11.3. The molecular formula is C22H25N3O3S. The summed E-state index contributed by atoms with van der Waals surface area (Å²) in [6.07, 6.45) is 7.38. The first-order valence-electron chi connectivity index (χ1n) is 9.77. The van der Waals surface area contributed by atoms with Crippen LogP contribution < -0.4 is 16.2 Å². The Morgan fingerprint density at radius 2 is 1.97 bits per heavy atom. The normalized spacial score (nSPS) is 15.6. The van der Waals surface area contributed by atoms with Crippen molar-refractivity contribution in [2.45, 2.75) is 32.6 Å². The van der Waals surface area contributed by atoms with E-state index in [0.717, 1.165) is 24.8 Å². The number of amides is 3. The number of hydrogen-bond acceptors (Lipinski definition) is 4. The molecular weight excluding hydrogens is 386 g/mol. The molecule has 3 rings (SSSR count). The minimum atomic E-state index is -0.493. The molecule has 0 aliphatic heterocycles. The van der Waals surface area contributed by atoms with Gasteiger partial charge in [0.05, 0.1) is 11.4 Å². The predicted octanol–water partition coefficient (Wildman–Crippen LogP) is 2.85. The maximum Gasteiger partial charge on any atom is 0.279 e. The van der Waals surface area contributed by atoms with Crippen LogP contribution in [0.4, 0.5) is 0 Å². The van der Waals surface area contributed by atoms with Crippen molar-refractivity contribution in [3.63, 3.8) is 0 Å². The molecule has 0 spiro atoms. The molecule has 1 aliphatic carbocycles. The molecule has 3 N–H and O–H groups in total. The predicted molar refractivity (Wildman–Crippen MR) is 114 cm³/mol. The van der Waals surface area contributed by atoms with E-state index < -0.39 is 5.91 Å². The summed E-state index contributed by atoms with van der Waals surface area (Å²) >= 11 is 1.49. The zero-order valence-corrected chi connectivity index (χ0v) is 17.2. The standard InChI is InChI=1S/C22H25N3O3S/c1-2-15-8-10-18-17(12-15)13-19(29-18)22(28)25-24-21(27)14-23-20(26)11-9-16-6-4-3-5-7-16/h3-7,9,11,13,15H,2,8,10,12,14H2,1H3,(H,23,26)(H,24,27)(H,25,28)/b11-9+/t15-/m1/s1. The summed E-state index contributed by atoms with van der Waals surface area (Å²) < 4.78 is 0. The van der Waals surface area contributed by atoms with Crippen molar-refractivity contribution >= 4 is 35.1 Å². The zero-order chi connectivity index (χ0) is 20.6. The van der Waals surface area contributed by atoms with E-state index >= 15 is 0 Å². The molecule has 1 heterocycles. The Labute approximate surface area is 174 Å². The number of hydrazine groups is 1. The van der Waals surface area contributed by atoms with Crippen molar-refractivity contribution in [2.24, 2.45) is 5.92 Å². The van der Waals surface area contributed by atoms with Crippen molar-refractivity contribution < 1.29 is 14.4 Å². The number of rotatable bonds is 6. The Bertz CT molecular complexity index is 905. The molecule has 1 aliphatic rings. The highest BCUT2D eigenvalue weighted by molar-refractivity contribution is 7.14. The van der Waals surface area contributed by atoms with Crippen LogP contribution in [0.2, 0.25) is 0 Å². The average molecular weight is 412 g/mol. The summed E-state index contributed by atoms with van der Waals surface area (Å²) in [5, 5.41) is 2.48. The molecule has 0 radical (unpaired) electrons. The lowest BCUT2D eigenvalue weighted by molar-refractivity contribution is -0.124. The van der Waals surface area contributed by atoms with Crippen LogP contribution in [-0.4, -0.2) is 24.3 Å². The molecule has 0 fully saturated rings. The number of nitrogens with one attached hydrogen (secondary N) is 3. The number of thiophene rings is 1. The number of carbonyl (C=O) groups is 3. The molecule has 1 aromatic carbocycles. The van der Waals surface area contributed by atoms with Crippen LogP contribution in [0.5, 0.6) is 0 Å². The number of carbonyl (C=O) groups excluding carboxylic acids is 3. The molecule has 7 heteroatoms. The van der Waals surface area contributed by atoms with Gasteiger partial charge in [0.15, 0.2) is 0 Å². The van der Waals surface area contributed by atoms with Gasteiger partial charge < -0.3 is 5.32 Å². The van der Waals surface area contributed by atoms with E-state index in [1.165, 1.54) is 34.3 Å². The van der Waals surface area contributed by atoms with Crippen molar-refractivity contribution in [2.75, 3.05) is 6.54 Å². The first-order chi connectivity index (χ1) is 14.0. The molecule has 3 amide bonds. The number of hydrogen-bond donors (Lipinski definition) is 3. The summed E-state index contributed by atoms with van der Waals surface area (Å²) in [5.41, 5.74) is 6.90. The van der Waals surface area contributed by atoms with Gasteiger partial charge in [-0.2, -0.15) is 0 Å². The fraction of sp³-hybridized carbons (Fsp3) is 0.318. The highest BCUT2D eigenvalue weighted by atomic mass is 32.1. The third-order valence-corrected chi connectivity index (χ3v) is 6.19. The van der Waals surface area contributed by atoms with Gasteiger partial charge in [0.2, 0.25) is 5.91 Å². The molecule has 0 unspecified atom stereocenters. The van der Waals surface area contributed by atoms with Gasteiger partial charge in [0.1, 0.15) is 0 Å². The highest BCUT2D eigenvalue weighted by Gasteiger charge is 2.22. The molecule has 1 atom stereocenters. The largest absolute Gasteiger partial charge is 0.343 e. The van der Waals surface area contributed by atoms with E-state index in [2.05, 4.69) is 23.1 Å². The lowest BCUT2D eigenvalue weighted by atomic mass is 9.87. The second-order valence-corrected chi connectivity index (χ2v) is 8.18. The molecule has 2 aromatic rings. The van der Waals surface area contributed by atoms with Gasteiger partial charge in [0.25, 0.3) is 11.8 Å². The van der Waals surface area contributed by atoms with Crippen LogP contribution in [0, 0.1) is 5.92 Å². The summed E-state index contributed by atoms with van der Waals surface area (Å²) in [4.78, 5) is 37.8.